The van der Waals surface area contributed by atoms with Gasteiger partial charge in [0.05, 0.1) is 11.3 Å². The van der Waals surface area contributed by atoms with Gasteiger partial charge in [0, 0.05) is 22.4 Å². The minimum atomic E-state index is -4.38. The number of phenolic OH excluding ortho intramolecular Hbond substituents is 1. The smallest absolute Gasteiger partial charge is 0.417 e. The van der Waals surface area contributed by atoms with E-state index >= 15 is 0 Å². The van der Waals surface area contributed by atoms with E-state index in [9.17, 15) is 18.3 Å². The van der Waals surface area contributed by atoms with Crippen LogP contribution in [0, 0.1) is 6.92 Å². The lowest BCUT2D eigenvalue weighted by Gasteiger charge is -2.08. The Balaban J connectivity index is 1.67. The summed E-state index contributed by atoms with van der Waals surface area (Å²) in [7, 11) is 0. The molecule has 134 valence electrons. The second-order valence-corrected chi connectivity index (χ2v) is 6.91. The van der Waals surface area contributed by atoms with Crippen LogP contribution in [0.4, 0.5) is 13.2 Å². The molecule has 0 atom stereocenters. The Labute approximate surface area is 153 Å². The van der Waals surface area contributed by atoms with Crippen LogP contribution in [0.15, 0.2) is 65.7 Å². The summed E-state index contributed by atoms with van der Waals surface area (Å²) < 4.78 is 37.8. The average Bonchev–Trinajstić information content (AvgIpc) is 2.62. The Morgan fingerprint density at radius 1 is 1.00 bits per heavy atom. The number of pyridine rings is 1. The molecule has 1 aromatic heterocycles. The summed E-state index contributed by atoms with van der Waals surface area (Å²) >= 11 is 1.65. The van der Waals surface area contributed by atoms with Crippen molar-refractivity contribution >= 4 is 11.8 Å². The number of hydrogen-bond donors (Lipinski definition) is 1. The maximum absolute atomic E-state index is 12.6. The van der Waals surface area contributed by atoms with Crippen LogP contribution in [0.3, 0.4) is 0 Å². The molecule has 0 aliphatic rings. The molecule has 0 saturated heterocycles. The van der Waals surface area contributed by atoms with E-state index in [0.717, 1.165) is 39.6 Å². The van der Waals surface area contributed by atoms with Gasteiger partial charge in [0.1, 0.15) is 5.75 Å². The van der Waals surface area contributed by atoms with Crippen molar-refractivity contribution in [1.29, 1.82) is 0 Å². The number of halogens is 3. The first kappa shape index (κ1) is 18.3. The monoisotopic (exact) mass is 375 g/mol. The zero-order valence-electron chi connectivity index (χ0n) is 13.9. The number of thioether (sulfide) groups is 1. The number of aryl methyl sites for hydroxylation is 1. The van der Waals surface area contributed by atoms with Gasteiger partial charge in [-0.15, -0.1) is 11.8 Å². The third-order valence-corrected chi connectivity index (χ3v) is 4.98. The number of nitrogens with zero attached hydrogens (tertiary/aromatic N) is 1. The molecule has 0 amide bonds. The summed E-state index contributed by atoms with van der Waals surface area (Å²) in [6.45, 7) is 1.85. The third-order valence-electron chi connectivity index (χ3n) is 3.91. The van der Waals surface area contributed by atoms with Crippen LogP contribution >= 0.6 is 11.8 Å². The molecular weight excluding hydrogens is 359 g/mol. The van der Waals surface area contributed by atoms with Gasteiger partial charge in [-0.1, -0.05) is 24.3 Å². The number of aromatic nitrogens is 1. The van der Waals surface area contributed by atoms with E-state index in [1.165, 1.54) is 6.07 Å². The average molecular weight is 375 g/mol. The molecule has 0 aliphatic heterocycles. The fourth-order valence-corrected chi connectivity index (χ4v) is 3.34. The van der Waals surface area contributed by atoms with Gasteiger partial charge in [0.15, 0.2) is 0 Å². The predicted molar refractivity (Wildman–Crippen MR) is 97.1 cm³/mol. The van der Waals surface area contributed by atoms with Gasteiger partial charge in [0.25, 0.3) is 0 Å². The zero-order valence-corrected chi connectivity index (χ0v) is 14.7. The molecular formula is C20H16F3NOS. The van der Waals surface area contributed by atoms with Crippen molar-refractivity contribution < 1.29 is 18.3 Å². The lowest BCUT2D eigenvalue weighted by atomic mass is 10.1. The third kappa shape index (κ3) is 4.38. The Morgan fingerprint density at radius 2 is 1.73 bits per heavy atom. The second kappa shape index (κ2) is 7.41. The fourth-order valence-electron chi connectivity index (χ4n) is 2.39. The Bertz CT molecular complexity index is 890. The normalized spacial score (nSPS) is 11.5. The van der Waals surface area contributed by atoms with Gasteiger partial charge in [-0.3, -0.25) is 4.98 Å². The number of aromatic hydroxyl groups is 1. The Hall–Kier alpha value is -2.47. The minimum Gasteiger partial charge on any atom is -0.508 e. The molecule has 0 unspecified atom stereocenters. The van der Waals surface area contributed by atoms with Crippen molar-refractivity contribution in [3.8, 4) is 17.0 Å². The highest BCUT2D eigenvalue weighted by Crippen LogP contribution is 2.30. The van der Waals surface area contributed by atoms with Crippen LogP contribution in [0.2, 0.25) is 0 Å². The van der Waals surface area contributed by atoms with E-state index in [4.69, 9.17) is 0 Å². The SMILES string of the molecule is Cc1cc(SCc2ccc(-c3ccc(C(F)(F)F)cn3)cc2)ccc1O. The lowest BCUT2D eigenvalue weighted by molar-refractivity contribution is -0.137. The van der Waals surface area contributed by atoms with E-state index in [1.54, 1.807) is 17.8 Å². The molecule has 6 heteroatoms. The molecule has 0 spiro atoms. The van der Waals surface area contributed by atoms with Gasteiger partial charge in [-0.2, -0.15) is 13.2 Å². The van der Waals surface area contributed by atoms with Crippen LogP contribution in [0.25, 0.3) is 11.3 Å². The number of alkyl halides is 3. The van der Waals surface area contributed by atoms with Crippen molar-refractivity contribution in [2.45, 2.75) is 23.7 Å². The molecule has 0 fully saturated rings. The maximum atomic E-state index is 12.6. The first-order valence-corrected chi connectivity index (χ1v) is 8.86. The molecule has 1 N–H and O–H groups in total. The molecule has 0 bridgehead atoms. The van der Waals surface area contributed by atoms with E-state index in [1.807, 2.05) is 43.3 Å². The minimum absolute atomic E-state index is 0.280. The number of phenols is 1. The van der Waals surface area contributed by atoms with Crippen molar-refractivity contribution in [3.63, 3.8) is 0 Å². The summed E-state index contributed by atoms with van der Waals surface area (Å²) in [5.74, 6) is 1.04. The first-order chi connectivity index (χ1) is 12.3. The standard InChI is InChI=1S/C20H16F3NOS/c1-13-10-17(7-9-19(13)25)26-12-14-2-4-15(5-3-14)18-8-6-16(11-24-18)20(21,22)23/h2-11,25H,12H2,1H3. The summed E-state index contributed by atoms with van der Waals surface area (Å²) in [6, 6.07) is 15.5. The number of hydrogen-bond acceptors (Lipinski definition) is 3. The van der Waals surface area contributed by atoms with Crippen molar-refractivity contribution in [2.24, 2.45) is 0 Å². The summed E-state index contributed by atoms with van der Waals surface area (Å²) in [4.78, 5) is 4.97. The highest BCUT2D eigenvalue weighted by Gasteiger charge is 2.30. The highest BCUT2D eigenvalue weighted by molar-refractivity contribution is 7.98. The van der Waals surface area contributed by atoms with E-state index in [0.29, 0.717) is 5.69 Å². The van der Waals surface area contributed by atoms with Crippen LogP contribution in [0.5, 0.6) is 5.75 Å². The zero-order chi connectivity index (χ0) is 18.7. The molecule has 3 aromatic rings. The predicted octanol–water partition coefficient (Wildman–Crippen LogP) is 6.07. The molecule has 0 aliphatic carbocycles. The summed E-state index contributed by atoms with van der Waals surface area (Å²) in [5.41, 5.74) is 2.45. The molecule has 26 heavy (non-hydrogen) atoms. The largest absolute Gasteiger partial charge is 0.508 e. The summed E-state index contributed by atoms with van der Waals surface area (Å²) in [6.07, 6.45) is -3.52. The van der Waals surface area contributed by atoms with Gasteiger partial charge in [0.2, 0.25) is 0 Å². The van der Waals surface area contributed by atoms with Crippen molar-refractivity contribution in [1.82, 2.24) is 4.98 Å². The second-order valence-electron chi connectivity index (χ2n) is 5.86. The van der Waals surface area contributed by atoms with Crippen molar-refractivity contribution in [2.75, 3.05) is 0 Å². The van der Waals surface area contributed by atoms with Crippen LogP contribution < -0.4 is 0 Å². The van der Waals surface area contributed by atoms with E-state index in [-0.39, 0.29) is 5.75 Å². The van der Waals surface area contributed by atoms with E-state index < -0.39 is 11.7 Å². The quantitative estimate of drug-likeness (QED) is 0.562. The number of benzene rings is 2. The van der Waals surface area contributed by atoms with Crippen molar-refractivity contribution in [3.05, 3.63) is 77.5 Å². The Morgan fingerprint density at radius 3 is 2.31 bits per heavy atom. The molecule has 1 heterocycles. The van der Waals surface area contributed by atoms with Gasteiger partial charge in [-0.05, 0) is 48.4 Å². The highest BCUT2D eigenvalue weighted by atomic mass is 32.2. The molecule has 0 saturated carbocycles. The van der Waals surface area contributed by atoms with Crippen LogP contribution in [0.1, 0.15) is 16.7 Å². The van der Waals surface area contributed by atoms with Crippen LogP contribution in [-0.2, 0) is 11.9 Å². The molecule has 2 nitrogen and oxygen atoms in total. The van der Waals surface area contributed by atoms with Gasteiger partial charge in [-0.25, -0.2) is 0 Å². The summed E-state index contributed by atoms with van der Waals surface area (Å²) in [5, 5.41) is 9.55. The Kier molecular flexibility index (Phi) is 5.23. The topological polar surface area (TPSA) is 33.1 Å². The van der Waals surface area contributed by atoms with E-state index in [2.05, 4.69) is 4.98 Å². The van der Waals surface area contributed by atoms with Gasteiger partial charge < -0.3 is 5.11 Å². The van der Waals surface area contributed by atoms with Gasteiger partial charge >= 0.3 is 6.18 Å². The molecule has 2 aromatic carbocycles. The molecule has 3 rings (SSSR count). The lowest BCUT2D eigenvalue weighted by Crippen LogP contribution is -2.05. The fraction of sp³-hybridized carbons (Fsp3) is 0.150. The maximum Gasteiger partial charge on any atom is 0.417 e. The molecule has 0 radical (unpaired) electrons. The number of rotatable bonds is 4. The van der Waals surface area contributed by atoms with Crippen LogP contribution in [-0.4, -0.2) is 10.1 Å². The first-order valence-electron chi connectivity index (χ1n) is 7.88.